The Morgan fingerprint density at radius 2 is 1.63 bits per heavy atom. The minimum Gasteiger partial charge on any atom is -0.481 e. The van der Waals surface area contributed by atoms with E-state index >= 15 is 0 Å². The minimum atomic E-state index is -4.33. The van der Waals surface area contributed by atoms with Crippen molar-refractivity contribution in [3.8, 4) is 5.75 Å². The molecular weight excluding hydrogens is 359 g/mol. The van der Waals surface area contributed by atoms with Crippen molar-refractivity contribution in [2.75, 3.05) is 6.61 Å². The van der Waals surface area contributed by atoms with E-state index in [1.807, 2.05) is 19.1 Å². The molecule has 1 N–H and O–H groups in total. The van der Waals surface area contributed by atoms with Gasteiger partial charge < -0.3 is 14.8 Å². The fourth-order valence-electron chi connectivity index (χ4n) is 2.25. The highest BCUT2D eigenvalue weighted by Gasteiger charge is 2.27. The van der Waals surface area contributed by atoms with Crippen molar-refractivity contribution in [1.29, 1.82) is 0 Å². The van der Waals surface area contributed by atoms with Crippen molar-refractivity contribution in [3.05, 3.63) is 65.2 Å². The van der Waals surface area contributed by atoms with E-state index in [4.69, 9.17) is 4.74 Å². The van der Waals surface area contributed by atoms with Gasteiger partial charge in [-0.05, 0) is 37.1 Å². The Balaban J connectivity index is 1.76. The molecular formula is C20H22F3NO3. The van der Waals surface area contributed by atoms with Crippen LogP contribution >= 0.6 is 0 Å². The number of hydrogen-bond donors (Lipinski definition) is 1. The zero-order valence-electron chi connectivity index (χ0n) is 15.2. The minimum absolute atomic E-state index is 0.117. The Hall–Kier alpha value is -2.54. The number of benzene rings is 2. The summed E-state index contributed by atoms with van der Waals surface area (Å²) < 4.78 is 46.3. The summed E-state index contributed by atoms with van der Waals surface area (Å²) >= 11 is 0. The van der Waals surface area contributed by atoms with Crippen LogP contribution in [-0.2, 0) is 22.7 Å². The Morgan fingerprint density at radius 3 is 2.22 bits per heavy atom. The molecule has 1 amide bonds. The van der Waals surface area contributed by atoms with Gasteiger partial charge in [-0.15, -0.1) is 0 Å². The maximum absolute atomic E-state index is 12.1. The van der Waals surface area contributed by atoms with Crippen LogP contribution in [-0.4, -0.2) is 24.8 Å². The molecule has 0 aliphatic heterocycles. The molecule has 2 rings (SSSR count). The third kappa shape index (κ3) is 7.70. The van der Waals surface area contributed by atoms with E-state index in [9.17, 15) is 18.0 Å². The molecule has 0 radical (unpaired) electrons. The van der Waals surface area contributed by atoms with E-state index < -0.39 is 18.9 Å². The lowest BCUT2D eigenvalue weighted by Gasteiger charge is -2.15. The number of carbonyl (C=O) groups excluding carboxylic acids is 1. The van der Waals surface area contributed by atoms with Crippen LogP contribution < -0.4 is 10.1 Å². The van der Waals surface area contributed by atoms with Crippen molar-refractivity contribution < 1.29 is 27.4 Å². The summed E-state index contributed by atoms with van der Waals surface area (Å²) in [6.45, 7) is 2.53. The molecule has 146 valence electrons. The molecule has 0 fully saturated rings. The first-order valence-electron chi connectivity index (χ1n) is 8.46. The van der Waals surface area contributed by atoms with Crippen molar-refractivity contribution in [2.24, 2.45) is 0 Å². The summed E-state index contributed by atoms with van der Waals surface area (Å²) in [6.07, 6.45) is -4.98. The van der Waals surface area contributed by atoms with Crippen LogP contribution in [0.3, 0.4) is 0 Å². The first kappa shape index (κ1) is 20.8. The number of hydrogen-bond acceptors (Lipinski definition) is 3. The molecule has 0 spiro atoms. The van der Waals surface area contributed by atoms with Crippen LogP contribution in [0.2, 0.25) is 0 Å². The van der Waals surface area contributed by atoms with E-state index in [1.165, 1.54) is 0 Å². The summed E-state index contributed by atoms with van der Waals surface area (Å²) in [4.78, 5) is 12.1. The molecule has 2 aromatic rings. The molecule has 0 aliphatic rings. The van der Waals surface area contributed by atoms with Gasteiger partial charge in [0.1, 0.15) is 12.4 Å². The van der Waals surface area contributed by atoms with Crippen LogP contribution in [0.25, 0.3) is 0 Å². The van der Waals surface area contributed by atoms with Crippen molar-refractivity contribution >= 4 is 5.91 Å². The van der Waals surface area contributed by atoms with Gasteiger partial charge in [-0.3, -0.25) is 4.79 Å². The smallest absolute Gasteiger partial charge is 0.411 e. The number of rotatable bonds is 8. The van der Waals surface area contributed by atoms with Crippen LogP contribution in [0.5, 0.6) is 5.75 Å². The molecule has 2 aromatic carbocycles. The highest BCUT2D eigenvalue weighted by atomic mass is 19.4. The van der Waals surface area contributed by atoms with Gasteiger partial charge in [0.05, 0.1) is 6.61 Å². The number of carbonyl (C=O) groups is 1. The van der Waals surface area contributed by atoms with Crippen LogP contribution in [0.4, 0.5) is 13.2 Å². The molecule has 27 heavy (non-hydrogen) atoms. The molecule has 0 bridgehead atoms. The number of nitrogens with one attached hydrogen (secondary N) is 1. The summed E-state index contributed by atoms with van der Waals surface area (Å²) in [5.41, 5.74) is 2.56. The second-order valence-corrected chi connectivity index (χ2v) is 6.22. The van der Waals surface area contributed by atoms with Gasteiger partial charge in [0.15, 0.2) is 6.10 Å². The summed E-state index contributed by atoms with van der Waals surface area (Å²) in [5.74, 6) is 0.361. The second-order valence-electron chi connectivity index (χ2n) is 6.22. The molecule has 0 aliphatic carbocycles. The van der Waals surface area contributed by atoms with Gasteiger partial charge in [0.2, 0.25) is 0 Å². The largest absolute Gasteiger partial charge is 0.481 e. The highest BCUT2D eigenvalue weighted by molar-refractivity contribution is 5.80. The Bertz CT molecular complexity index is 728. The van der Waals surface area contributed by atoms with Crippen LogP contribution in [0, 0.1) is 6.92 Å². The average Bonchev–Trinajstić information content (AvgIpc) is 2.61. The van der Waals surface area contributed by atoms with Gasteiger partial charge in [0.25, 0.3) is 5.91 Å². The third-order valence-corrected chi connectivity index (χ3v) is 3.73. The molecule has 4 nitrogen and oxygen atoms in total. The monoisotopic (exact) mass is 381 g/mol. The lowest BCUT2D eigenvalue weighted by atomic mass is 10.1. The normalized spacial score (nSPS) is 12.5. The Labute approximate surface area is 156 Å². The van der Waals surface area contributed by atoms with Gasteiger partial charge in [-0.25, -0.2) is 0 Å². The molecule has 0 saturated carbocycles. The van der Waals surface area contributed by atoms with Crippen molar-refractivity contribution in [2.45, 2.75) is 39.3 Å². The predicted octanol–water partition coefficient (Wildman–Crippen LogP) is 4.16. The summed E-state index contributed by atoms with van der Waals surface area (Å²) in [7, 11) is 0. The fraction of sp³-hybridized carbons (Fsp3) is 0.350. The molecule has 0 heterocycles. The number of alkyl halides is 3. The molecule has 1 atom stereocenters. The first-order chi connectivity index (χ1) is 12.7. The maximum Gasteiger partial charge on any atom is 0.411 e. The lowest BCUT2D eigenvalue weighted by Crippen LogP contribution is -2.35. The number of aryl methyl sites for hydroxylation is 1. The van der Waals surface area contributed by atoms with Crippen molar-refractivity contribution in [3.63, 3.8) is 0 Å². The molecule has 1 unspecified atom stereocenters. The topological polar surface area (TPSA) is 47.6 Å². The van der Waals surface area contributed by atoms with Crippen LogP contribution in [0.15, 0.2) is 48.5 Å². The van der Waals surface area contributed by atoms with E-state index in [2.05, 4.69) is 10.1 Å². The standard InChI is InChI=1S/C20H22F3NO3/c1-14-3-9-18(10-4-14)27-15(2)19(25)24-11-16-5-7-17(8-6-16)12-26-13-20(21,22)23/h3-10,15H,11-13H2,1-2H3,(H,24,25). The van der Waals surface area contributed by atoms with Crippen LogP contribution in [0.1, 0.15) is 23.6 Å². The van der Waals surface area contributed by atoms with Gasteiger partial charge in [-0.2, -0.15) is 13.2 Å². The molecule has 0 aromatic heterocycles. The quantitative estimate of drug-likeness (QED) is 0.747. The summed E-state index contributed by atoms with van der Waals surface area (Å²) in [5, 5.41) is 2.77. The van der Waals surface area contributed by atoms with E-state index in [1.54, 1.807) is 43.3 Å². The van der Waals surface area contributed by atoms with E-state index in [0.717, 1.165) is 11.1 Å². The lowest BCUT2D eigenvalue weighted by molar-refractivity contribution is -0.176. The number of halogens is 3. The summed E-state index contributed by atoms with van der Waals surface area (Å²) in [6, 6.07) is 14.2. The second kappa shape index (κ2) is 9.41. The third-order valence-electron chi connectivity index (χ3n) is 3.73. The van der Waals surface area contributed by atoms with Gasteiger partial charge in [0, 0.05) is 6.54 Å². The Morgan fingerprint density at radius 1 is 1.04 bits per heavy atom. The first-order valence-corrected chi connectivity index (χ1v) is 8.46. The van der Waals surface area contributed by atoms with Gasteiger partial charge >= 0.3 is 6.18 Å². The highest BCUT2D eigenvalue weighted by Crippen LogP contribution is 2.16. The SMILES string of the molecule is Cc1ccc(OC(C)C(=O)NCc2ccc(COCC(F)(F)F)cc2)cc1. The van der Waals surface area contributed by atoms with Gasteiger partial charge in [-0.1, -0.05) is 42.0 Å². The van der Waals surface area contributed by atoms with E-state index in [0.29, 0.717) is 17.9 Å². The predicted molar refractivity (Wildman–Crippen MR) is 95.3 cm³/mol. The van der Waals surface area contributed by atoms with Crippen molar-refractivity contribution in [1.82, 2.24) is 5.32 Å². The maximum atomic E-state index is 12.1. The fourth-order valence-corrected chi connectivity index (χ4v) is 2.25. The average molecular weight is 381 g/mol. The Kier molecular flexibility index (Phi) is 7.24. The zero-order valence-corrected chi connectivity index (χ0v) is 15.2. The van der Waals surface area contributed by atoms with E-state index in [-0.39, 0.29) is 12.5 Å². The number of ether oxygens (including phenoxy) is 2. The number of amides is 1. The zero-order chi connectivity index (χ0) is 19.9. The molecule has 7 heteroatoms. The molecule has 0 saturated heterocycles.